The molecular weight excluding hydrogens is 192 g/mol. The summed E-state index contributed by atoms with van der Waals surface area (Å²) in [6.07, 6.45) is 1.01. The number of ether oxygens (including phenoxy) is 2. The van der Waals surface area contributed by atoms with Crippen molar-refractivity contribution >= 4 is 0 Å². The van der Waals surface area contributed by atoms with Gasteiger partial charge in [0.15, 0.2) is 0 Å². The van der Waals surface area contributed by atoms with E-state index in [4.69, 9.17) is 15.2 Å². The van der Waals surface area contributed by atoms with Gasteiger partial charge in [0.05, 0.1) is 13.2 Å². The smallest absolute Gasteiger partial charge is 0.0615 e. The fourth-order valence-corrected chi connectivity index (χ4v) is 1.48. The number of rotatable bonds is 9. The fraction of sp³-hybridized carbons (Fsp3) is 1.00. The van der Waals surface area contributed by atoms with Crippen LogP contribution in [0.2, 0.25) is 0 Å². The van der Waals surface area contributed by atoms with Crippen LogP contribution in [0.5, 0.6) is 0 Å². The molecule has 0 fully saturated rings. The van der Waals surface area contributed by atoms with Crippen molar-refractivity contribution in [1.82, 2.24) is 4.90 Å². The van der Waals surface area contributed by atoms with Crippen molar-refractivity contribution in [3.05, 3.63) is 0 Å². The van der Waals surface area contributed by atoms with E-state index in [1.807, 2.05) is 6.92 Å². The van der Waals surface area contributed by atoms with E-state index < -0.39 is 0 Å². The maximum atomic E-state index is 5.75. The largest absolute Gasteiger partial charge is 0.383 e. The molecule has 0 heterocycles. The minimum absolute atomic E-state index is 0.254. The highest BCUT2D eigenvalue weighted by atomic mass is 16.5. The summed E-state index contributed by atoms with van der Waals surface area (Å²) in [5.74, 6) is 0. The molecule has 0 amide bonds. The maximum absolute atomic E-state index is 5.75. The second-order valence-electron chi connectivity index (χ2n) is 4.10. The van der Waals surface area contributed by atoms with Crippen LogP contribution in [-0.4, -0.2) is 57.5 Å². The number of hydrogen-bond donors (Lipinski definition) is 1. The lowest BCUT2D eigenvalue weighted by Gasteiger charge is -2.28. The molecular formula is C11H26N2O2. The average molecular weight is 218 g/mol. The van der Waals surface area contributed by atoms with Crippen LogP contribution in [0.15, 0.2) is 0 Å². The van der Waals surface area contributed by atoms with Gasteiger partial charge in [-0.2, -0.15) is 0 Å². The highest BCUT2D eigenvalue weighted by Gasteiger charge is 2.13. The van der Waals surface area contributed by atoms with E-state index in [1.54, 1.807) is 14.2 Å². The van der Waals surface area contributed by atoms with Crippen LogP contribution in [0.1, 0.15) is 20.3 Å². The normalized spacial score (nSPS) is 15.6. The molecule has 0 aliphatic rings. The van der Waals surface area contributed by atoms with E-state index in [9.17, 15) is 0 Å². The molecule has 2 atom stereocenters. The van der Waals surface area contributed by atoms with Gasteiger partial charge >= 0.3 is 0 Å². The molecule has 0 aromatic carbocycles. The summed E-state index contributed by atoms with van der Waals surface area (Å²) in [5.41, 5.74) is 5.75. The van der Waals surface area contributed by atoms with Crippen LogP contribution in [-0.2, 0) is 9.47 Å². The van der Waals surface area contributed by atoms with Gasteiger partial charge in [0.25, 0.3) is 0 Å². The Hall–Kier alpha value is -0.160. The van der Waals surface area contributed by atoms with Crippen LogP contribution >= 0.6 is 0 Å². The Morgan fingerprint density at radius 2 is 1.80 bits per heavy atom. The monoisotopic (exact) mass is 218 g/mol. The zero-order valence-electron chi connectivity index (χ0n) is 10.5. The van der Waals surface area contributed by atoms with E-state index in [0.29, 0.717) is 6.04 Å². The van der Waals surface area contributed by atoms with Crippen LogP contribution in [0.4, 0.5) is 0 Å². The molecule has 0 aromatic heterocycles. The second kappa shape index (κ2) is 9.09. The predicted octanol–water partition coefficient (Wildman–Crippen LogP) is 0.707. The average Bonchev–Trinajstić information content (AvgIpc) is 2.17. The van der Waals surface area contributed by atoms with Gasteiger partial charge < -0.3 is 15.2 Å². The van der Waals surface area contributed by atoms with E-state index in [-0.39, 0.29) is 6.04 Å². The quantitative estimate of drug-likeness (QED) is 0.619. The van der Waals surface area contributed by atoms with Crippen LogP contribution in [0.25, 0.3) is 0 Å². The number of nitrogens with zero attached hydrogens (tertiary/aromatic N) is 1. The number of methoxy groups -OCH3 is 2. The Morgan fingerprint density at radius 3 is 2.27 bits per heavy atom. The summed E-state index contributed by atoms with van der Waals surface area (Å²) in [6.45, 7) is 7.66. The molecule has 0 bridgehead atoms. The topological polar surface area (TPSA) is 47.7 Å². The molecule has 0 spiro atoms. The summed E-state index contributed by atoms with van der Waals surface area (Å²) in [7, 11) is 3.46. The number of hydrogen-bond acceptors (Lipinski definition) is 4. The zero-order valence-corrected chi connectivity index (χ0v) is 10.5. The van der Waals surface area contributed by atoms with Crippen LogP contribution < -0.4 is 5.73 Å². The van der Waals surface area contributed by atoms with Crippen LogP contribution in [0.3, 0.4) is 0 Å². The minimum atomic E-state index is 0.254. The molecule has 0 rings (SSSR count). The summed E-state index contributed by atoms with van der Waals surface area (Å²) >= 11 is 0. The molecule has 0 aliphatic carbocycles. The van der Waals surface area contributed by atoms with Crippen molar-refractivity contribution in [2.75, 3.05) is 40.5 Å². The molecule has 2 unspecified atom stereocenters. The van der Waals surface area contributed by atoms with Crippen molar-refractivity contribution in [3.8, 4) is 0 Å². The van der Waals surface area contributed by atoms with E-state index in [2.05, 4.69) is 11.8 Å². The standard InChI is InChI=1S/C11H26N2O2/c1-10(12)5-6-13(7-8-14-3)11(2)9-15-4/h10-11H,5-9,12H2,1-4H3. The van der Waals surface area contributed by atoms with Crippen molar-refractivity contribution in [2.45, 2.75) is 32.4 Å². The molecule has 0 saturated heterocycles. The van der Waals surface area contributed by atoms with Crippen molar-refractivity contribution < 1.29 is 9.47 Å². The lowest BCUT2D eigenvalue weighted by atomic mass is 10.2. The van der Waals surface area contributed by atoms with E-state index >= 15 is 0 Å². The second-order valence-corrected chi connectivity index (χ2v) is 4.10. The van der Waals surface area contributed by atoms with Crippen molar-refractivity contribution in [2.24, 2.45) is 5.73 Å². The maximum Gasteiger partial charge on any atom is 0.0615 e. The third kappa shape index (κ3) is 7.73. The first-order valence-corrected chi connectivity index (χ1v) is 5.59. The van der Waals surface area contributed by atoms with Gasteiger partial charge in [-0.15, -0.1) is 0 Å². The Kier molecular flexibility index (Phi) is 9.00. The molecule has 4 nitrogen and oxygen atoms in total. The van der Waals surface area contributed by atoms with Crippen molar-refractivity contribution in [3.63, 3.8) is 0 Å². The lowest BCUT2D eigenvalue weighted by molar-refractivity contribution is 0.0735. The Balaban J connectivity index is 3.92. The lowest BCUT2D eigenvalue weighted by Crippen LogP contribution is -2.40. The third-order valence-corrected chi connectivity index (χ3v) is 2.49. The first-order valence-electron chi connectivity index (χ1n) is 5.59. The fourth-order valence-electron chi connectivity index (χ4n) is 1.48. The van der Waals surface area contributed by atoms with Gasteiger partial charge in [-0.1, -0.05) is 0 Å². The third-order valence-electron chi connectivity index (χ3n) is 2.49. The summed E-state index contributed by atoms with van der Waals surface area (Å²) in [5, 5.41) is 0. The van der Waals surface area contributed by atoms with Gasteiger partial charge in [-0.3, -0.25) is 4.90 Å². The molecule has 2 N–H and O–H groups in total. The van der Waals surface area contributed by atoms with Gasteiger partial charge in [-0.25, -0.2) is 0 Å². The SMILES string of the molecule is COCCN(CCC(C)N)C(C)COC. The van der Waals surface area contributed by atoms with Gasteiger partial charge in [0.2, 0.25) is 0 Å². The van der Waals surface area contributed by atoms with Gasteiger partial charge in [-0.05, 0) is 20.3 Å². The zero-order chi connectivity index (χ0) is 11.7. The predicted molar refractivity (Wildman–Crippen MR) is 63.1 cm³/mol. The number of nitrogens with two attached hydrogens (primary N) is 1. The molecule has 0 saturated carbocycles. The van der Waals surface area contributed by atoms with Gasteiger partial charge in [0, 0.05) is 39.4 Å². The Labute approximate surface area is 93.7 Å². The summed E-state index contributed by atoms with van der Waals surface area (Å²) in [4.78, 5) is 2.36. The molecule has 92 valence electrons. The first-order chi connectivity index (χ1) is 7.11. The van der Waals surface area contributed by atoms with Crippen molar-refractivity contribution in [1.29, 1.82) is 0 Å². The highest BCUT2D eigenvalue weighted by Crippen LogP contribution is 2.02. The Bertz CT molecular complexity index is 143. The molecule has 0 aliphatic heterocycles. The highest BCUT2D eigenvalue weighted by molar-refractivity contribution is 4.68. The molecule has 4 heteroatoms. The molecule has 0 radical (unpaired) electrons. The van der Waals surface area contributed by atoms with E-state index in [1.165, 1.54) is 0 Å². The summed E-state index contributed by atoms with van der Waals surface area (Å²) in [6, 6.07) is 0.675. The van der Waals surface area contributed by atoms with Gasteiger partial charge in [0.1, 0.15) is 0 Å². The molecule has 15 heavy (non-hydrogen) atoms. The first kappa shape index (κ1) is 14.8. The van der Waals surface area contributed by atoms with E-state index in [0.717, 1.165) is 32.7 Å². The minimum Gasteiger partial charge on any atom is -0.383 e. The summed E-state index contributed by atoms with van der Waals surface area (Å²) < 4.78 is 10.3. The molecule has 0 aromatic rings. The Morgan fingerprint density at radius 1 is 1.13 bits per heavy atom. The van der Waals surface area contributed by atoms with Crippen LogP contribution in [0, 0.1) is 0 Å².